The van der Waals surface area contributed by atoms with E-state index in [1.807, 2.05) is 0 Å². The fourth-order valence-corrected chi connectivity index (χ4v) is 2.26. The Labute approximate surface area is 120 Å². The molecule has 1 fully saturated rings. The van der Waals surface area contributed by atoms with Gasteiger partial charge >= 0.3 is 0 Å². The molecule has 2 N–H and O–H groups in total. The van der Waals surface area contributed by atoms with E-state index < -0.39 is 0 Å². The largest absolute Gasteiger partial charge is 0.494 e. The molecule has 1 saturated carbocycles. The Balaban J connectivity index is 1.61. The minimum absolute atomic E-state index is 0.169. The third kappa shape index (κ3) is 5.10. The number of aliphatic hydroxyl groups excluding tert-OH is 1. The Morgan fingerprint density at radius 2 is 2.00 bits per heavy atom. The predicted molar refractivity (Wildman–Crippen MR) is 77.4 cm³/mol. The first-order chi connectivity index (χ1) is 9.61. The maximum atomic E-state index is 12.7. The van der Waals surface area contributed by atoms with Crippen LogP contribution in [-0.2, 0) is 0 Å². The first-order valence-electron chi connectivity index (χ1n) is 7.38. The van der Waals surface area contributed by atoms with Crippen LogP contribution in [0.4, 0.5) is 4.39 Å². The van der Waals surface area contributed by atoms with E-state index in [4.69, 9.17) is 4.74 Å². The second kappa shape index (κ2) is 7.04. The highest BCUT2D eigenvalue weighted by molar-refractivity contribution is 5.21. The maximum absolute atomic E-state index is 12.7. The molecule has 0 heterocycles. The Kier molecular flexibility index (Phi) is 5.38. The summed E-state index contributed by atoms with van der Waals surface area (Å²) >= 11 is 0. The molecule has 112 valence electrons. The molecular weight excluding hydrogens is 257 g/mol. The molecule has 1 aromatic carbocycles. The molecular formula is C16H24FNO2. The summed E-state index contributed by atoms with van der Waals surface area (Å²) in [4.78, 5) is 0. The highest BCUT2D eigenvalue weighted by Gasteiger charge is 2.31. The van der Waals surface area contributed by atoms with Gasteiger partial charge in [-0.3, -0.25) is 0 Å². The number of unbranched alkanes of at least 4 members (excludes halogenated alkanes) is 1. The van der Waals surface area contributed by atoms with Crippen molar-refractivity contribution in [3.8, 4) is 5.75 Å². The summed E-state index contributed by atoms with van der Waals surface area (Å²) in [6.07, 6.45) is 5.32. The molecule has 1 aromatic rings. The highest BCUT2D eigenvalue weighted by atomic mass is 19.1. The van der Waals surface area contributed by atoms with E-state index in [9.17, 15) is 9.50 Å². The maximum Gasteiger partial charge on any atom is 0.123 e. The van der Waals surface area contributed by atoms with Crippen molar-refractivity contribution >= 4 is 0 Å². The smallest absolute Gasteiger partial charge is 0.123 e. The Bertz CT molecular complexity index is 405. The fraction of sp³-hybridized carbons (Fsp3) is 0.625. The van der Waals surface area contributed by atoms with Crippen molar-refractivity contribution in [3.05, 3.63) is 30.1 Å². The Hall–Kier alpha value is -1.13. The number of hydrogen-bond donors (Lipinski definition) is 2. The van der Waals surface area contributed by atoms with Gasteiger partial charge in [0.15, 0.2) is 0 Å². The molecule has 1 atom stereocenters. The predicted octanol–water partition coefficient (Wildman–Crippen LogP) is 2.88. The Morgan fingerprint density at radius 1 is 1.30 bits per heavy atom. The Morgan fingerprint density at radius 3 is 2.60 bits per heavy atom. The number of ether oxygens (including phenoxy) is 1. The van der Waals surface area contributed by atoms with Gasteiger partial charge < -0.3 is 15.2 Å². The molecule has 1 unspecified atom stereocenters. The lowest BCUT2D eigenvalue weighted by Crippen LogP contribution is -2.46. The van der Waals surface area contributed by atoms with E-state index in [2.05, 4.69) is 12.2 Å². The van der Waals surface area contributed by atoms with E-state index in [-0.39, 0.29) is 18.0 Å². The second-order valence-corrected chi connectivity index (χ2v) is 5.90. The van der Waals surface area contributed by atoms with Crippen molar-refractivity contribution in [1.29, 1.82) is 0 Å². The van der Waals surface area contributed by atoms with Crippen LogP contribution in [0.15, 0.2) is 24.3 Å². The number of hydrogen-bond acceptors (Lipinski definition) is 3. The molecule has 0 aromatic heterocycles. The van der Waals surface area contributed by atoms with Crippen LogP contribution in [0, 0.1) is 5.82 Å². The molecule has 0 aliphatic heterocycles. The summed E-state index contributed by atoms with van der Waals surface area (Å²) in [6.45, 7) is 2.87. The summed E-state index contributed by atoms with van der Waals surface area (Å²) in [5.74, 6) is 0.453. The standard InChI is InChI=1S/C16H24FNO2/c1-16(12-19,18-14-6-7-14)10-2-3-11-20-15-8-4-13(17)5-9-15/h4-5,8-9,14,18-19H,2-3,6-7,10-12H2,1H3. The average Bonchev–Trinajstić information content (AvgIpc) is 3.24. The van der Waals surface area contributed by atoms with Crippen molar-refractivity contribution in [2.45, 2.75) is 50.6 Å². The molecule has 4 heteroatoms. The van der Waals surface area contributed by atoms with Crippen LogP contribution in [0.2, 0.25) is 0 Å². The number of aliphatic hydroxyl groups is 1. The van der Waals surface area contributed by atoms with Gasteiger partial charge in [0.25, 0.3) is 0 Å². The van der Waals surface area contributed by atoms with Gasteiger partial charge in [-0.05, 0) is 63.3 Å². The zero-order valence-electron chi connectivity index (χ0n) is 12.1. The topological polar surface area (TPSA) is 41.5 Å². The average molecular weight is 281 g/mol. The van der Waals surface area contributed by atoms with Crippen molar-refractivity contribution in [2.75, 3.05) is 13.2 Å². The molecule has 0 spiro atoms. The van der Waals surface area contributed by atoms with E-state index >= 15 is 0 Å². The first-order valence-corrected chi connectivity index (χ1v) is 7.38. The van der Waals surface area contributed by atoms with Gasteiger partial charge in [-0.1, -0.05) is 0 Å². The van der Waals surface area contributed by atoms with Gasteiger partial charge in [0.05, 0.1) is 13.2 Å². The summed E-state index contributed by atoms with van der Waals surface area (Å²) in [5.41, 5.74) is -0.170. The first kappa shape index (κ1) is 15.3. The zero-order chi connectivity index (χ0) is 14.4. The minimum Gasteiger partial charge on any atom is -0.494 e. The molecule has 1 aliphatic carbocycles. The van der Waals surface area contributed by atoms with E-state index in [1.54, 1.807) is 12.1 Å². The van der Waals surface area contributed by atoms with E-state index in [1.165, 1.54) is 25.0 Å². The summed E-state index contributed by atoms with van der Waals surface area (Å²) in [7, 11) is 0. The van der Waals surface area contributed by atoms with Crippen LogP contribution in [-0.4, -0.2) is 29.9 Å². The van der Waals surface area contributed by atoms with Gasteiger partial charge in [-0.15, -0.1) is 0 Å². The molecule has 0 bridgehead atoms. The summed E-state index contributed by atoms with van der Waals surface area (Å²) in [6, 6.07) is 6.68. The molecule has 0 saturated heterocycles. The summed E-state index contributed by atoms with van der Waals surface area (Å²) in [5, 5.41) is 13.0. The van der Waals surface area contributed by atoms with Crippen LogP contribution in [0.5, 0.6) is 5.75 Å². The van der Waals surface area contributed by atoms with Crippen molar-refractivity contribution < 1.29 is 14.2 Å². The third-order valence-corrected chi connectivity index (χ3v) is 3.68. The molecule has 2 rings (SSSR count). The lowest BCUT2D eigenvalue weighted by molar-refractivity contribution is 0.158. The number of nitrogens with one attached hydrogen (secondary N) is 1. The van der Waals surface area contributed by atoms with Crippen molar-refractivity contribution in [2.24, 2.45) is 0 Å². The van der Waals surface area contributed by atoms with Gasteiger partial charge in [0, 0.05) is 11.6 Å². The second-order valence-electron chi connectivity index (χ2n) is 5.90. The van der Waals surface area contributed by atoms with Crippen molar-refractivity contribution in [3.63, 3.8) is 0 Å². The fourth-order valence-electron chi connectivity index (χ4n) is 2.26. The van der Waals surface area contributed by atoms with E-state index in [0.29, 0.717) is 18.4 Å². The van der Waals surface area contributed by atoms with Crippen LogP contribution in [0.25, 0.3) is 0 Å². The van der Waals surface area contributed by atoms with Crippen LogP contribution in [0.3, 0.4) is 0 Å². The lowest BCUT2D eigenvalue weighted by Gasteiger charge is -2.29. The summed E-state index contributed by atoms with van der Waals surface area (Å²) < 4.78 is 18.3. The lowest BCUT2D eigenvalue weighted by atomic mass is 9.95. The normalized spacial score (nSPS) is 17.8. The van der Waals surface area contributed by atoms with E-state index in [0.717, 1.165) is 19.3 Å². The molecule has 3 nitrogen and oxygen atoms in total. The SMILES string of the molecule is CC(CO)(CCCCOc1ccc(F)cc1)NC1CC1. The molecule has 0 radical (unpaired) electrons. The number of benzene rings is 1. The number of rotatable bonds is 9. The van der Waals surface area contributed by atoms with Gasteiger partial charge in [-0.2, -0.15) is 0 Å². The molecule has 0 amide bonds. The van der Waals surface area contributed by atoms with Gasteiger partial charge in [0.2, 0.25) is 0 Å². The zero-order valence-corrected chi connectivity index (χ0v) is 12.1. The minimum atomic E-state index is -0.248. The monoisotopic (exact) mass is 281 g/mol. The van der Waals surface area contributed by atoms with Gasteiger partial charge in [-0.25, -0.2) is 4.39 Å². The van der Waals surface area contributed by atoms with Gasteiger partial charge in [0.1, 0.15) is 11.6 Å². The quantitative estimate of drug-likeness (QED) is 0.684. The van der Waals surface area contributed by atoms with Crippen LogP contribution < -0.4 is 10.1 Å². The van der Waals surface area contributed by atoms with Crippen molar-refractivity contribution in [1.82, 2.24) is 5.32 Å². The van der Waals surface area contributed by atoms with Crippen LogP contribution in [0.1, 0.15) is 39.0 Å². The molecule has 20 heavy (non-hydrogen) atoms. The third-order valence-electron chi connectivity index (χ3n) is 3.68. The number of halogens is 1. The highest BCUT2D eigenvalue weighted by Crippen LogP contribution is 2.25. The molecule has 1 aliphatic rings. The van der Waals surface area contributed by atoms with Crippen LogP contribution >= 0.6 is 0 Å².